The van der Waals surface area contributed by atoms with E-state index in [0.29, 0.717) is 5.92 Å². The van der Waals surface area contributed by atoms with Gasteiger partial charge in [-0.05, 0) is 45.2 Å². The fraction of sp³-hybridized carbons (Fsp3) is 1.00. The molecule has 0 saturated heterocycles. The van der Waals surface area contributed by atoms with Crippen LogP contribution in [0.15, 0.2) is 0 Å². The van der Waals surface area contributed by atoms with Crippen molar-refractivity contribution in [3.8, 4) is 0 Å². The Balaban J connectivity index is 3.54. The molecule has 0 bridgehead atoms. The van der Waals surface area contributed by atoms with E-state index in [4.69, 9.17) is 0 Å². The van der Waals surface area contributed by atoms with Crippen LogP contribution in [0.1, 0.15) is 47.0 Å². The van der Waals surface area contributed by atoms with E-state index in [0.717, 1.165) is 32.4 Å². The maximum absolute atomic E-state index is 9.95. The first-order chi connectivity index (χ1) is 5.98. The van der Waals surface area contributed by atoms with Crippen molar-refractivity contribution in [2.24, 2.45) is 5.92 Å². The van der Waals surface area contributed by atoms with Crippen molar-refractivity contribution < 1.29 is 5.11 Å². The monoisotopic (exact) mass is 187 g/mol. The summed E-state index contributed by atoms with van der Waals surface area (Å²) in [5, 5.41) is 13.2. The predicted molar refractivity (Wildman–Crippen MR) is 57.9 cm³/mol. The number of hydrogen-bond donors (Lipinski definition) is 2. The van der Waals surface area contributed by atoms with Crippen LogP contribution in [0.25, 0.3) is 0 Å². The molecule has 0 fully saturated rings. The molecule has 2 nitrogen and oxygen atoms in total. The van der Waals surface area contributed by atoms with E-state index in [1.807, 2.05) is 6.92 Å². The molecule has 0 aromatic rings. The van der Waals surface area contributed by atoms with Crippen LogP contribution in [0.2, 0.25) is 0 Å². The zero-order valence-electron chi connectivity index (χ0n) is 9.56. The summed E-state index contributed by atoms with van der Waals surface area (Å²) >= 11 is 0. The fourth-order valence-electron chi connectivity index (χ4n) is 1.26. The summed E-state index contributed by atoms with van der Waals surface area (Å²) in [6.45, 7) is 10.3. The van der Waals surface area contributed by atoms with Crippen LogP contribution in [0.3, 0.4) is 0 Å². The Bertz CT molecular complexity index is 121. The highest BCUT2D eigenvalue weighted by Gasteiger charge is 2.19. The minimum Gasteiger partial charge on any atom is -0.390 e. The lowest BCUT2D eigenvalue weighted by molar-refractivity contribution is 0.0371. The van der Waals surface area contributed by atoms with E-state index in [1.54, 1.807) is 0 Å². The molecule has 1 atom stereocenters. The summed E-state index contributed by atoms with van der Waals surface area (Å²) in [6.07, 6.45) is 2.88. The Kier molecular flexibility index (Phi) is 6.35. The normalized spacial score (nSPS) is 16.2. The van der Waals surface area contributed by atoms with E-state index < -0.39 is 5.60 Å². The second-order valence-electron chi connectivity index (χ2n) is 4.53. The molecule has 80 valence electrons. The maximum atomic E-state index is 9.95. The summed E-state index contributed by atoms with van der Waals surface area (Å²) < 4.78 is 0. The van der Waals surface area contributed by atoms with E-state index in [1.165, 1.54) is 0 Å². The van der Waals surface area contributed by atoms with Gasteiger partial charge in [-0.2, -0.15) is 0 Å². The van der Waals surface area contributed by atoms with Gasteiger partial charge in [0.05, 0.1) is 5.60 Å². The number of rotatable bonds is 7. The van der Waals surface area contributed by atoms with Crippen LogP contribution in [-0.2, 0) is 0 Å². The van der Waals surface area contributed by atoms with Gasteiger partial charge in [-0.1, -0.05) is 20.8 Å². The first kappa shape index (κ1) is 12.9. The molecule has 0 aliphatic rings. The second-order valence-corrected chi connectivity index (χ2v) is 4.53. The van der Waals surface area contributed by atoms with Crippen molar-refractivity contribution in [3.63, 3.8) is 0 Å². The van der Waals surface area contributed by atoms with Crippen molar-refractivity contribution in [3.05, 3.63) is 0 Å². The molecular weight excluding hydrogens is 162 g/mol. The van der Waals surface area contributed by atoms with Crippen LogP contribution in [0, 0.1) is 5.92 Å². The summed E-state index contributed by atoms with van der Waals surface area (Å²) in [4.78, 5) is 0. The SMILES string of the molecule is CCNCCC(C)(O)CCC(C)C. The highest BCUT2D eigenvalue weighted by atomic mass is 16.3. The van der Waals surface area contributed by atoms with E-state index in [9.17, 15) is 5.11 Å². The Morgan fingerprint density at radius 2 is 1.92 bits per heavy atom. The van der Waals surface area contributed by atoms with E-state index in [2.05, 4.69) is 26.1 Å². The molecule has 0 rings (SSSR count). The molecule has 0 spiro atoms. The standard InChI is InChI=1S/C11H25NO/c1-5-12-9-8-11(4,13)7-6-10(2)3/h10,12-13H,5-9H2,1-4H3. The molecule has 2 heteroatoms. The highest BCUT2D eigenvalue weighted by molar-refractivity contribution is 4.73. The topological polar surface area (TPSA) is 32.3 Å². The number of aliphatic hydroxyl groups is 1. The minimum atomic E-state index is -0.480. The van der Waals surface area contributed by atoms with Crippen LogP contribution in [0.4, 0.5) is 0 Å². The largest absolute Gasteiger partial charge is 0.390 e. The molecule has 0 radical (unpaired) electrons. The predicted octanol–water partition coefficient (Wildman–Crippen LogP) is 2.17. The van der Waals surface area contributed by atoms with Gasteiger partial charge < -0.3 is 10.4 Å². The fourth-order valence-corrected chi connectivity index (χ4v) is 1.26. The quantitative estimate of drug-likeness (QED) is 0.599. The van der Waals surface area contributed by atoms with Gasteiger partial charge >= 0.3 is 0 Å². The van der Waals surface area contributed by atoms with Gasteiger partial charge in [-0.3, -0.25) is 0 Å². The third-order valence-corrected chi connectivity index (χ3v) is 2.35. The van der Waals surface area contributed by atoms with Crippen molar-refractivity contribution in [2.45, 2.75) is 52.6 Å². The zero-order chi connectivity index (χ0) is 10.3. The average molecular weight is 187 g/mol. The molecule has 13 heavy (non-hydrogen) atoms. The van der Waals surface area contributed by atoms with Crippen molar-refractivity contribution in [1.82, 2.24) is 5.32 Å². The van der Waals surface area contributed by atoms with E-state index >= 15 is 0 Å². The van der Waals surface area contributed by atoms with Crippen molar-refractivity contribution in [1.29, 1.82) is 0 Å². The van der Waals surface area contributed by atoms with Crippen LogP contribution < -0.4 is 5.32 Å². The van der Waals surface area contributed by atoms with Gasteiger partial charge in [0.2, 0.25) is 0 Å². The van der Waals surface area contributed by atoms with Gasteiger partial charge in [0, 0.05) is 0 Å². The van der Waals surface area contributed by atoms with Gasteiger partial charge in [-0.25, -0.2) is 0 Å². The van der Waals surface area contributed by atoms with Crippen LogP contribution in [-0.4, -0.2) is 23.8 Å². The molecule has 0 aromatic heterocycles. The molecule has 0 saturated carbocycles. The first-order valence-electron chi connectivity index (χ1n) is 5.41. The number of hydrogen-bond acceptors (Lipinski definition) is 2. The van der Waals surface area contributed by atoms with Gasteiger partial charge in [0.25, 0.3) is 0 Å². The van der Waals surface area contributed by atoms with Gasteiger partial charge in [-0.15, -0.1) is 0 Å². The van der Waals surface area contributed by atoms with Crippen LogP contribution in [0.5, 0.6) is 0 Å². The lowest BCUT2D eigenvalue weighted by Gasteiger charge is -2.24. The first-order valence-corrected chi connectivity index (χ1v) is 5.41. The Labute approximate surface area is 82.7 Å². The molecule has 0 aliphatic carbocycles. The molecular formula is C11H25NO. The summed E-state index contributed by atoms with van der Waals surface area (Å²) in [5.41, 5.74) is -0.480. The highest BCUT2D eigenvalue weighted by Crippen LogP contribution is 2.19. The summed E-state index contributed by atoms with van der Waals surface area (Å²) in [6, 6.07) is 0. The summed E-state index contributed by atoms with van der Waals surface area (Å²) in [5.74, 6) is 0.686. The van der Waals surface area contributed by atoms with Crippen LogP contribution >= 0.6 is 0 Å². The molecule has 0 aliphatic heterocycles. The van der Waals surface area contributed by atoms with Gasteiger partial charge in [0.1, 0.15) is 0 Å². The van der Waals surface area contributed by atoms with Gasteiger partial charge in [0.15, 0.2) is 0 Å². The van der Waals surface area contributed by atoms with Crippen molar-refractivity contribution in [2.75, 3.05) is 13.1 Å². The maximum Gasteiger partial charge on any atom is 0.0632 e. The Morgan fingerprint density at radius 3 is 2.38 bits per heavy atom. The molecule has 0 heterocycles. The average Bonchev–Trinajstić information content (AvgIpc) is 2.02. The van der Waals surface area contributed by atoms with E-state index in [-0.39, 0.29) is 0 Å². The summed E-state index contributed by atoms with van der Waals surface area (Å²) in [7, 11) is 0. The lowest BCUT2D eigenvalue weighted by Crippen LogP contribution is -2.30. The third-order valence-electron chi connectivity index (χ3n) is 2.35. The Hall–Kier alpha value is -0.0800. The molecule has 0 amide bonds. The lowest BCUT2D eigenvalue weighted by atomic mass is 9.92. The Morgan fingerprint density at radius 1 is 1.31 bits per heavy atom. The smallest absolute Gasteiger partial charge is 0.0632 e. The zero-order valence-corrected chi connectivity index (χ0v) is 9.56. The minimum absolute atomic E-state index is 0.480. The molecule has 1 unspecified atom stereocenters. The number of nitrogens with one attached hydrogen (secondary N) is 1. The molecule has 0 aromatic carbocycles. The van der Waals surface area contributed by atoms with Crippen molar-refractivity contribution >= 4 is 0 Å². The third kappa shape index (κ3) is 8.26. The second kappa shape index (κ2) is 6.39. The molecule has 2 N–H and O–H groups in total.